The van der Waals surface area contributed by atoms with Crippen LogP contribution in [-0.4, -0.2) is 19.1 Å². The molecule has 0 saturated heterocycles. The predicted octanol–water partition coefficient (Wildman–Crippen LogP) is 4.22. The lowest BCUT2D eigenvalue weighted by Crippen LogP contribution is -2.09. The largest absolute Gasteiger partial charge is 0.462 e. The van der Waals surface area contributed by atoms with Gasteiger partial charge in [-0.3, -0.25) is 0 Å². The van der Waals surface area contributed by atoms with Gasteiger partial charge in [-0.15, -0.1) is 0 Å². The number of nitrogens with two attached hydrogens (primary N) is 1. The van der Waals surface area contributed by atoms with Crippen LogP contribution in [0.15, 0.2) is 18.2 Å². The zero-order chi connectivity index (χ0) is 15.5. The number of nitrogens with one attached hydrogen (secondary N) is 1. The Hall–Kier alpha value is -1.71. The maximum Gasteiger partial charge on any atom is 0.340 e. The second-order valence-corrected chi connectivity index (χ2v) is 5.22. The molecular formula is C17H28N2O2. The number of benzene rings is 1. The zero-order valence-electron chi connectivity index (χ0n) is 13.3. The summed E-state index contributed by atoms with van der Waals surface area (Å²) >= 11 is 0. The Morgan fingerprint density at radius 3 is 2.57 bits per heavy atom. The van der Waals surface area contributed by atoms with E-state index in [-0.39, 0.29) is 5.97 Å². The average Bonchev–Trinajstić information content (AvgIpc) is 2.48. The Morgan fingerprint density at radius 2 is 1.86 bits per heavy atom. The third kappa shape index (κ3) is 6.52. The highest BCUT2D eigenvalue weighted by atomic mass is 16.5. The van der Waals surface area contributed by atoms with E-state index in [1.807, 2.05) is 6.07 Å². The number of hydrogen-bond acceptors (Lipinski definition) is 4. The van der Waals surface area contributed by atoms with Gasteiger partial charge in [0.15, 0.2) is 0 Å². The van der Waals surface area contributed by atoms with Crippen LogP contribution in [0.1, 0.15) is 62.7 Å². The molecule has 0 fully saturated rings. The first-order valence-corrected chi connectivity index (χ1v) is 7.99. The fraction of sp³-hybridized carbons (Fsp3) is 0.588. The van der Waals surface area contributed by atoms with Gasteiger partial charge < -0.3 is 15.8 Å². The first-order chi connectivity index (χ1) is 10.2. The molecule has 0 aliphatic rings. The normalized spacial score (nSPS) is 10.4. The molecule has 0 spiro atoms. The van der Waals surface area contributed by atoms with E-state index < -0.39 is 0 Å². The molecule has 0 heterocycles. The van der Waals surface area contributed by atoms with E-state index in [4.69, 9.17) is 10.5 Å². The Morgan fingerprint density at radius 1 is 1.14 bits per heavy atom. The monoisotopic (exact) mass is 292 g/mol. The van der Waals surface area contributed by atoms with E-state index in [1.165, 1.54) is 32.1 Å². The Labute approximate surface area is 128 Å². The van der Waals surface area contributed by atoms with Crippen molar-refractivity contribution in [2.45, 2.75) is 52.4 Å². The molecule has 0 saturated carbocycles. The Balaban J connectivity index is 2.38. The molecule has 0 bridgehead atoms. The maximum atomic E-state index is 11.8. The quantitative estimate of drug-likeness (QED) is 0.385. The molecule has 0 unspecified atom stereocenters. The summed E-state index contributed by atoms with van der Waals surface area (Å²) in [6.07, 6.45) is 7.61. The molecule has 3 N–H and O–H groups in total. The summed E-state index contributed by atoms with van der Waals surface area (Å²) in [5.74, 6) is -0.363. The van der Waals surface area contributed by atoms with Crippen molar-refractivity contribution in [3.8, 4) is 0 Å². The molecule has 0 amide bonds. The molecule has 0 atom stereocenters. The second kappa shape index (κ2) is 10.1. The number of esters is 1. The first-order valence-electron chi connectivity index (χ1n) is 7.99. The number of unbranched alkanes of at least 4 members (excludes halogenated alkanes) is 5. The van der Waals surface area contributed by atoms with E-state index in [0.717, 1.165) is 18.7 Å². The molecule has 0 radical (unpaired) electrons. The van der Waals surface area contributed by atoms with Crippen molar-refractivity contribution in [2.75, 3.05) is 24.2 Å². The van der Waals surface area contributed by atoms with Gasteiger partial charge in [-0.1, -0.05) is 39.0 Å². The van der Waals surface area contributed by atoms with Crippen LogP contribution >= 0.6 is 0 Å². The lowest BCUT2D eigenvalue weighted by atomic mass is 10.1. The lowest BCUT2D eigenvalue weighted by molar-refractivity contribution is 0.0527. The smallest absolute Gasteiger partial charge is 0.340 e. The lowest BCUT2D eigenvalue weighted by Gasteiger charge is -2.10. The van der Waals surface area contributed by atoms with Gasteiger partial charge in [0.25, 0.3) is 0 Å². The van der Waals surface area contributed by atoms with Crippen molar-refractivity contribution in [2.24, 2.45) is 0 Å². The number of carbonyl (C=O) groups excluding carboxylic acids is 1. The van der Waals surface area contributed by atoms with Gasteiger partial charge in [-0.2, -0.15) is 0 Å². The van der Waals surface area contributed by atoms with Crippen molar-refractivity contribution in [1.29, 1.82) is 0 Å². The number of carbonyl (C=O) groups is 1. The van der Waals surface area contributed by atoms with E-state index in [0.29, 0.717) is 17.9 Å². The summed E-state index contributed by atoms with van der Waals surface area (Å²) in [4.78, 5) is 11.8. The van der Waals surface area contributed by atoms with Crippen LogP contribution in [-0.2, 0) is 4.74 Å². The number of rotatable bonds is 10. The highest BCUT2D eigenvalue weighted by Gasteiger charge is 2.11. The van der Waals surface area contributed by atoms with Gasteiger partial charge in [-0.25, -0.2) is 4.79 Å². The summed E-state index contributed by atoms with van der Waals surface area (Å²) in [5, 5.41) is 3.34. The summed E-state index contributed by atoms with van der Waals surface area (Å²) in [5.41, 5.74) is 7.62. The molecule has 21 heavy (non-hydrogen) atoms. The van der Waals surface area contributed by atoms with Crippen LogP contribution in [0, 0.1) is 0 Å². The van der Waals surface area contributed by atoms with Gasteiger partial charge in [0.1, 0.15) is 0 Å². The molecule has 0 aromatic heterocycles. The van der Waals surface area contributed by atoms with Crippen molar-refractivity contribution in [3.05, 3.63) is 23.8 Å². The summed E-state index contributed by atoms with van der Waals surface area (Å²) in [7, 11) is 0. The maximum absolute atomic E-state index is 11.8. The number of hydrogen-bond donors (Lipinski definition) is 2. The van der Waals surface area contributed by atoms with Crippen molar-refractivity contribution >= 4 is 17.3 Å². The molecule has 1 aromatic carbocycles. The summed E-state index contributed by atoms with van der Waals surface area (Å²) < 4.78 is 5.00. The third-order valence-corrected chi connectivity index (χ3v) is 3.41. The minimum absolute atomic E-state index is 0.355. The average molecular weight is 292 g/mol. The Kier molecular flexibility index (Phi) is 8.32. The topological polar surface area (TPSA) is 64.3 Å². The van der Waals surface area contributed by atoms with Crippen molar-refractivity contribution in [1.82, 2.24) is 0 Å². The van der Waals surface area contributed by atoms with Crippen molar-refractivity contribution < 1.29 is 9.53 Å². The van der Waals surface area contributed by atoms with Crippen LogP contribution < -0.4 is 11.1 Å². The fourth-order valence-electron chi connectivity index (χ4n) is 2.19. The van der Waals surface area contributed by atoms with E-state index >= 15 is 0 Å². The van der Waals surface area contributed by atoms with E-state index in [1.54, 1.807) is 19.1 Å². The predicted molar refractivity (Wildman–Crippen MR) is 88.7 cm³/mol. The van der Waals surface area contributed by atoms with Gasteiger partial charge in [0, 0.05) is 17.9 Å². The van der Waals surface area contributed by atoms with Gasteiger partial charge >= 0.3 is 5.97 Å². The minimum atomic E-state index is -0.363. The van der Waals surface area contributed by atoms with Gasteiger partial charge in [0.2, 0.25) is 0 Å². The van der Waals surface area contributed by atoms with Crippen LogP contribution in [0.2, 0.25) is 0 Å². The minimum Gasteiger partial charge on any atom is -0.462 e. The molecule has 4 nitrogen and oxygen atoms in total. The fourth-order valence-corrected chi connectivity index (χ4v) is 2.19. The third-order valence-electron chi connectivity index (χ3n) is 3.41. The van der Waals surface area contributed by atoms with Crippen molar-refractivity contribution in [3.63, 3.8) is 0 Å². The number of anilines is 2. The second-order valence-electron chi connectivity index (χ2n) is 5.22. The highest BCUT2D eigenvalue weighted by Crippen LogP contribution is 2.19. The molecule has 4 heteroatoms. The summed E-state index contributed by atoms with van der Waals surface area (Å²) in [6, 6.07) is 5.41. The van der Waals surface area contributed by atoms with Crippen LogP contribution in [0.4, 0.5) is 11.4 Å². The number of nitrogen functional groups attached to an aromatic ring is 1. The summed E-state index contributed by atoms with van der Waals surface area (Å²) in [6.45, 7) is 5.28. The Bertz CT molecular complexity index is 433. The SMILES string of the molecule is CCCCCCCCNc1ccc(N)c(C(=O)OCC)c1. The van der Waals surface area contributed by atoms with Crippen LogP contribution in [0.3, 0.4) is 0 Å². The molecule has 118 valence electrons. The van der Waals surface area contributed by atoms with Gasteiger partial charge in [0.05, 0.1) is 12.2 Å². The molecule has 0 aliphatic carbocycles. The van der Waals surface area contributed by atoms with E-state index in [2.05, 4.69) is 12.2 Å². The zero-order valence-corrected chi connectivity index (χ0v) is 13.3. The standard InChI is InChI=1S/C17H28N2O2/c1-3-5-6-7-8-9-12-19-14-10-11-16(18)15(13-14)17(20)21-4-2/h10-11,13,19H,3-9,12,18H2,1-2H3. The van der Waals surface area contributed by atoms with Crippen LogP contribution in [0.5, 0.6) is 0 Å². The highest BCUT2D eigenvalue weighted by molar-refractivity contribution is 5.96. The molecule has 0 aliphatic heterocycles. The molecule has 1 aromatic rings. The van der Waals surface area contributed by atoms with Crippen LogP contribution in [0.25, 0.3) is 0 Å². The first kappa shape index (κ1) is 17.3. The van der Waals surface area contributed by atoms with Gasteiger partial charge in [-0.05, 0) is 31.5 Å². The molecule has 1 rings (SSSR count). The van der Waals surface area contributed by atoms with E-state index in [9.17, 15) is 4.79 Å². The number of ether oxygens (including phenoxy) is 1. The molecular weight excluding hydrogens is 264 g/mol.